The van der Waals surface area contributed by atoms with E-state index in [1.807, 2.05) is 0 Å². The van der Waals surface area contributed by atoms with Crippen LogP contribution in [0.3, 0.4) is 0 Å². The average Bonchev–Trinajstić information content (AvgIpc) is 2.20. The maximum atomic E-state index is 11.0. The summed E-state index contributed by atoms with van der Waals surface area (Å²) >= 11 is 0. The fourth-order valence-electron chi connectivity index (χ4n) is 1.08. The molecule has 0 aliphatic carbocycles. The quantitative estimate of drug-likeness (QED) is 0.365. The molecule has 0 bridgehead atoms. The largest absolute Gasteiger partial charge is 0.452 e. The van der Waals surface area contributed by atoms with Crippen LogP contribution in [0.1, 0.15) is 32.6 Å². The van der Waals surface area contributed by atoms with Crippen molar-refractivity contribution in [3.63, 3.8) is 0 Å². The predicted octanol–water partition coefficient (Wildman–Crippen LogP) is 0.431. The van der Waals surface area contributed by atoms with Gasteiger partial charge < -0.3 is 15.6 Å². The Morgan fingerprint density at radius 2 is 2.27 bits per heavy atom. The molecule has 0 spiro atoms. The minimum absolute atomic E-state index is 0.0338. The molecule has 0 aromatic rings. The molecule has 4 heteroatoms. The summed E-state index contributed by atoms with van der Waals surface area (Å²) in [6.45, 7) is 1.69. The van der Waals surface area contributed by atoms with Crippen molar-refractivity contribution in [1.29, 1.82) is 0 Å². The van der Waals surface area contributed by atoms with E-state index < -0.39 is 6.10 Å². The van der Waals surface area contributed by atoms with Crippen molar-refractivity contribution in [3.05, 3.63) is 0 Å². The van der Waals surface area contributed by atoms with Gasteiger partial charge in [0.2, 0.25) is 0 Å². The minimum atomic E-state index is -0.501. The van der Waals surface area contributed by atoms with Crippen LogP contribution in [0.25, 0.3) is 0 Å². The molecule has 0 heterocycles. The van der Waals surface area contributed by atoms with Gasteiger partial charge in [-0.3, -0.25) is 4.79 Å². The number of rotatable bonds is 7. The molecule has 0 radical (unpaired) electrons. The van der Waals surface area contributed by atoms with Crippen molar-refractivity contribution >= 4 is 5.97 Å². The number of carbonyl (C=O) groups excluding carboxylic acids is 1. The first kappa shape index (κ1) is 13.9. The van der Waals surface area contributed by atoms with E-state index in [-0.39, 0.29) is 18.6 Å². The Balaban J connectivity index is 3.39. The fraction of sp³-hybridized carbons (Fsp3) is 0.727. The Morgan fingerprint density at radius 1 is 1.60 bits per heavy atom. The summed E-state index contributed by atoms with van der Waals surface area (Å²) < 4.78 is 4.69. The highest BCUT2D eigenvalue weighted by Crippen LogP contribution is 2.05. The zero-order chi connectivity index (χ0) is 11.7. The number of terminal acetylenes is 1. The minimum Gasteiger partial charge on any atom is -0.452 e. The van der Waals surface area contributed by atoms with Gasteiger partial charge in [0.15, 0.2) is 6.61 Å². The van der Waals surface area contributed by atoms with Crippen LogP contribution in [0.4, 0.5) is 0 Å². The second kappa shape index (κ2) is 8.27. The molecule has 0 aromatic heterocycles. The summed E-state index contributed by atoms with van der Waals surface area (Å²) in [4.78, 5) is 11.0. The van der Waals surface area contributed by atoms with Crippen LogP contribution in [-0.4, -0.2) is 29.8 Å². The van der Waals surface area contributed by atoms with Crippen LogP contribution >= 0.6 is 0 Å². The van der Waals surface area contributed by atoms with Gasteiger partial charge in [-0.1, -0.05) is 12.3 Å². The van der Waals surface area contributed by atoms with Crippen LogP contribution in [-0.2, 0) is 9.53 Å². The number of hydrogen-bond donors (Lipinski definition) is 2. The van der Waals surface area contributed by atoms with Crippen LogP contribution in [0.5, 0.6) is 0 Å². The Kier molecular flexibility index (Phi) is 7.69. The van der Waals surface area contributed by atoms with E-state index in [0.29, 0.717) is 19.3 Å². The smallest absolute Gasteiger partial charge is 0.306 e. The molecule has 0 saturated heterocycles. The van der Waals surface area contributed by atoms with Gasteiger partial charge in [-0.15, -0.1) is 6.42 Å². The molecule has 0 unspecified atom stereocenters. The third kappa shape index (κ3) is 7.98. The molecular formula is C11H19NO3. The third-order valence-electron chi connectivity index (χ3n) is 2.10. The molecule has 0 aliphatic rings. The number of carbonyl (C=O) groups is 1. The van der Waals surface area contributed by atoms with E-state index in [0.717, 1.165) is 6.42 Å². The fourth-order valence-corrected chi connectivity index (χ4v) is 1.08. The van der Waals surface area contributed by atoms with Gasteiger partial charge in [-0.2, -0.15) is 0 Å². The second-order valence-electron chi connectivity index (χ2n) is 3.52. The standard InChI is InChI=1S/C11H19NO3/c1-3-8-15-11(14)7-5-4-6-10(12)9(2)13/h1,9-10,13H,4-8,12H2,2H3/t9-,10+/m1/s1. The van der Waals surface area contributed by atoms with Crippen LogP contribution in [0.15, 0.2) is 0 Å². The molecule has 86 valence electrons. The Labute approximate surface area is 90.8 Å². The number of unbranched alkanes of at least 4 members (excludes halogenated alkanes) is 1. The first-order valence-corrected chi connectivity index (χ1v) is 5.10. The van der Waals surface area contributed by atoms with E-state index in [1.165, 1.54) is 0 Å². The maximum Gasteiger partial charge on any atom is 0.306 e. The number of nitrogens with two attached hydrogens (primary N) is 1. The van der Waals surface area contributed by atoms with E-state index in [2.05, 4.69) is 10.7 Å². The van der Waals surface area contributed by atoms with E-state index in [4.69, 9.17) is 17.3 Å². The number of aliphatic hydroxyl groups excluding tert-OH is 1. The Hall–Kier alpha value is -1.05. The predicted molar refractivity (Wildman–Crippen MR) is 57.9 cm³/mol. The van der Waals surface area contributed by atoms with Gasteiger partial charge in [0.25, 0.3) is 0 Å². The van der Waals surface area contributed by atoms with Crippen molar-refractivity contribution in [3.8, 4) is 12.3 Å². The van der Waals surface area contributed by atoms with Crippen molar-refractivity contribution in [1.82, 2.24) is 0 Å². The zero-order valence-electron chi connectivity index (χ0n) is 9.11. The number of hydrogen-bond acceptors (Lipinski definition) is 4. The van der Waals surface area contributed by atoms with Gasteiger partial charge in [-0.05, 0) is 19.8 Å². The topological polar surface area (TPSA) is 72.5 Å². The summed E-state index contributed by atoms with van der Waals surface area (Å²) in [7, 11) is 0. The Bertz CT molecular complexity index is 220. The zero-order valence-corrected chi connectivity index (χ0v) is 9.11. The highest BCUT2D eigenvalue weighted by molar-refractivity contribution is 5.69. The molecule has 0 aromatic carbocycles. The van der Waals surface area contributed by atoms with Crippen molar-refractivity contribution < 1.29 is 14.6 Å². The van der Waals surface area contributed by atoms with Gasteiger partial charge >= 0.3 is 5.97 Å². The molecule has 4 nitrogen and oxygen atoms in total. The molecule has 0 amide bonds. The molecular weight excluding hydrogens is 194 g/mol. The van der Waals surface area contributed by atoms with Gasteiger partial charge in [0.05, 0.1) is 6.10 Å². The lowest BCUT2D eigenvalue weighted by atomic mass is 10.1. The number of ether oxygens (including phenoxy) is 1. The van der Waals surface area contributed by atoms with Gasteiger partial charge in [0, 0.05) is 12.5 Å². The van der Waals surface area contributed by atoms with E-state index in [9.17, 15) is 4.79 Å². The van der Waals surface area contributed by atoms with Crippen LogP contribution in [0.2, 0.25) is 0 Å². The summed E-state index contributed by atoms with van der Waals surface area (Å²) in [6.07, 6.45) is 7.01. The first-order valence-electron chi connectivity index (χ1n) is 5.10. The SMILES string of the molecule is C#CCOC(=O)CCCC[C@H](N)[C@@H](C)O. The average molecular weight is 213 g/mol. The summed E-state index contributed by atoms with van der Waals surface area (Å²) in [5.41, 5.74) is 5.62. The van der Waals surface area contributed by atoms with E-state index >= 15 is 0 Å². The van der Waals surface area contributed by atoms with Crippen molar-refractivity contribution in [2.45, 2.75) is 44.8 Å². The molecule has 0 aliphatic heterocycles. The summed E-state index contributed by atoms with van der Waals surface area (Å²) in [5, 5.41) is 9.11. The van der Waals surface area contributed by atoms with Crippen LogP contribution < -0.4 is 5.73 Å². The van der Waals surface area contributed by atoms with Crippen LogP contribution in [0, 0.1) is 12.3 Å². The number of esters is 1. The first-order chi connectivity index (χ1) is 7.07. The van der Waals surface area contributed by atoms with Gasteiger partial charge in [0.1, 0.15) is 0 Å². The monoisotopic (exact) mass is 213 g/mol. The summed E-state index contributed by atoms with van der Waals surface area (Å²) in [6, 6.07) is -0.216. The number of aliphatic hydroxyl groups is 1. The lowest BCUT2D eigenvalue weighted by Gasteiger charge is -2.13. The summed E-state index contributed by atoms with van der Waals surface area (Å²) in [5.74, 6) is 1.95. The molecule has 2 atom stereocenters. The molecule has 3 N–H and O–H groups in total. The maximum absolute atomic E-state index is 11.0. The van der Waals surface area contributed by atoms with Crippen molar-refractivity contribution in [2.75, 3.05) is 6.61 Å². The molecule has 0 rings (SSSR count). The second-order valence-corrected chi connectivity index (χ2v) is 3.52. The lowest BCUT2D eigenvalue weighted by Crippen LogP contribution is -2.32. The molecule has 15 heavy (non-hydrogen) atoms. The van der Waals surface area contributed by atoms with Crippen molar-refractivity contribution in [2.24, 2.45) is 5.73 Å². The highest BCUT2D eigenvalue weighted by Gasteiger charge is 2.09. The molecule has 0 fully saturated rings. The lowest BCUT2D eigenvalue weighted by molar-refractivity contribution is -0.142. The molecule has 0 saturated carbocycles. The van der Waals surface area contributed by atoms with E-state index in [1.54, 1.807) is 6.92 Å². The highest BCUT2D eigenvalue weighted by atomic mass is 16.5. The normalized spacial score (nSPS) is 14.0. The van der Waals surface area contributed by atoms with Gasteiger partial charge in [-0.25, -0.2) is 0 Å². The third-order valence-corrected chi connectivity index (χ3v) is 2.10. The Morgan fingerprint density at radius 3 is 2.80 bits per heavy atom.